The van der Waals surface area contributed by atoms with Gasteiger partial charge in [-0.2, -0.15) is 0 Å². The topological polar surface area (TPSA) is 0 Å². The lowest BCUT2D eigenvalue weighted by molar-refractivity contribution is 0.227. The molecule has 0 bridgehead atoms. The number of hydrogen-bond donors (Lipinski definition) is 0. The summed E-state index contributed by atoms with van der Waals surface area (Å²) in [5.74, 6) is 1.16. The average molecular weight is 327 g/mol. The smallest absolute Gasteiger partial charge is 0.0381 e. The van der Waals surface area contributed by atoms with E-state index in [-0.39, 0.29) is 5.41 Å². The van der Waals surface area contributed by atoms with Gasteiger partial charge >= 0.3 is 0 Å². The van der Waals surface area contributed by atoms with Crippen LogP contribution in [-0.2, 0) is 0 Å². The Kier molecular flexibility index (Phi) is 4.29. The molecule has 0 nitrogen and oxygen atoms in total. The van der Waals surface area contributed by atoms with Crippen molar-refractivity contribution in [2.45, 2.75) is 69.9 Å². The second-order valence-corrected chi connectivity index (χ2v) is 10.5. The Morgan fingerprint density at radius 1 is 1.00 bits per heavy atom. The third-order valence-corrected chi connectivity index (χ3v) is 6.44. The summed E-state index contributed by atoms with van der Waals surface area (Å²) in [5, 5.41) is 0.589. The summed E-state index contributed by atoms with van der Waals surface area (Å²) < 4.78 is 0. The predicted octanol–water partition coefficient (Wildman–Crippen LogP) is 6.94. The molecular formula is C22H30S. The highest BCUT2D eigenvalue weighted by atomic mass is 32.2. The molecule has 3 atom stereocenters. The molecule has 3 unspecified atom stereocenters. The largest absolute Gasteiger partial charge is 0.117 e. The molecule has 0 N–H and O–H groups in total. The first kappa shape index (κ1) is 16.9. The molecule has 0 aromatic heterocycles. The third kappa shape index (κ3) is 3.45. The van der Waals surface area contributed by atoms with E-state index in [9.17, 15) is 0 Å². The molecule has 0 saturated heterocycles. The van der Waals surface area contributed by atoms with Crippen molar-refractivity contribution in [3.63, 3.8) is 0 Å². The SMILES string of the molecule is CC(C)(C)CC(c1cccc2c1SC1C=CC=CC21)C(C)(C)C. The number of allylic oxidation sites excluding steroid dienone is 3. The third-order valence-electron chi connectivity index (χ3n) is 5.01. The van der Waals surface area contributed by atoms with Gasteiger partial charge < -0.3 is 0 Å². The van der Waals surface area contributed by atoms with Crippen molar-refractivity contribution >= 4 is 11.8 Å². The van der Waals surface area contributed by atoms with Crippen molar-refractivity contribution in [2.24, 2.45) is 10.8 Å². The summed E-state index contributed by atoms with van der Waals surface area (Å²) in [6.07, 6.45) is 10.4. The van der Waals surface area contributed by atoms with Crippen molar-refractivity contribution in [1.29, 1.82) is 0 Å². The van der Waals surface area contributed by atoms with Crippen LogP contribution >= 0.6 is 11.8 Å². The normalized spacial score (nSPS) is 24.4. The molecule has 1 heteroatoms. The summed E-state index contributed by atoms with van der Waals surface area (Å²) >= 11 is 2.08. The molecule has 0 amide bonds. The van der Waals surface area contributed by atoms with E-state index in [4.69, 9.17) is 0 Å². The van der Waals surface area contributed by atoms with Crippen LogP contribution < -0.4 is 0 Å². The van der Waals surface area contributed by atoms with Gasteiger partial charge in [-0.15, -0.1) is 11.8 Å². The van der Waals surface area contributed by atoms with Gasteiger partial charge in [0.2, 0.25) is 0 Å². The first-order valence-electron chi connectivity index (χ1n) is 8.81. The van der Waals surface area contributed by atoms with E-state index in [0.717, 1.165) is 0 Å². The minimum atomic E-state index is 0.280. The minimum absolute atomic E-state index is 0.280. The molecule has 0 fully saturated rings. The van der Waals surface area contributed by atoms with Crippen LogP contribution in [0.25, 0.3) is 0 Å². The van der Waals surface area contributed by atoms with E-state index in [1.54, 1.807) is 16.0 Å². The van der Waals surface area contributed by atoms with E-state index >= 15 is 0 Å². The van der Waals surface area contributed by atoms with Crippen LogP contribution in [0.15, 0.2) is 47.4 Å². The van der Waals surface area contributed by atoms with Gasteiger partial charge in [0, 0.05) is 16.1 Å². The van der Waals surface area contributed by atoms with Crippen LogP contribution in [0.3, 0.4) is 0 Å². The average Bonchev–Trinajstić information content (AvgIpc) is 2.81. The first-order valence-corrected chi connectivity index (χ1v) is 9.69. The van der Waals surface area contributed by atoms with Crippen molar-refractivity contribution in [1.82, 2.24) is 0 Å². The lowest BCUT2D eigenvalue weighted by Crippen LogP contribution is -2.24. The van der Waals surface area contributed by atoms with Gasteiger partial charge in [0.05, 0.1) is 0 Å². The Morgan fingerprint density at radius 3 is 2.35 bits per heavy atom. The predicted molar refractivity (Wildman–Crippen MR) is 103 cm³/mol. The lowest BCUT2D eigenvalue weighted by atomic mass is 9.68. The molecule has 0 spiro atoms. The van der Waals surface area contributed by atoms with Crippen LogP contribution in [0, 0.1) is 10.8 Å². The molecule has 0 saturated carbocycles. The van der Waals surface area contributed by atoms with E-state index in [1.165, 1.54) is 6.42 Å². The standard InChI is InChI=1S/C22H30S/c1-21(2,3)14-18(22(4,5)6)17-12-9-11-16-15-10-7-8-13-19(15)23-20(16)17/h7-13,15,18-19H,14H2,1-6H3. The van der Waals surface area contributed by atoms with Gasteiger partial charge in [-0.25, -0.2) is 0 Å². The Balaban J connectivity index is 2.05. The van der Waals surface area contributed by atoms with Crippen molar-refractivity contribution in [3.05, 3.63) is 53.6 Å². The van der Waals surface area contributed by atoms with Crippen LogP contribution in [0.2, 0.25) is 0 Å². The van der Waals surface area contributed by atoms with Crippen molar-refractivity contribution in [2.75, 3.05) is 0 Å². The number of hydrogen-bond acceptors (Lipinski definition) is 1. The Hall–Kier alpha value is -0.950. The molecule has 0 radical (unpaired) electrons. The van der Waals surface area contributed by atoms with Crippen LogP contribution in [-0.4, -0.2) is 5.25 Å². The molecule has 1 aliphatic carbocycles. The zero-order valence-corrected chi connectivity index (χ0v) is 16.2. The van der Waals surface area contributed by atoms with Gasteiger partial charge in [0.1, 0.15) is 0 Å². The number of rotatable bonds is 2. The van der Waals surface area contributed by atoms with E-state index in [2.05, 4.69) is 95.8 Å². The van der Waals surface area contributed by atoms with Crippen LogP contribution in [0.4, 0.5) is 0 Å². The molecule has 2 aliphatic rings. The monoisotopic (exact) mass is 326 g/mol. The van der Waals surface area contributed by atoms with Gasteiger partial charge in [-0.1, -0.05) is 84.0 Å². The molecule has 1 aromatic carbocycles. The van der Waals surface area contributed by atoms with Gasteiger partial charge in [-0.05, 0) is 34.3 Å². The fraction of sp³-hybridized carbons (Fsp3) is 0.545. The summed E-state index contributed by atoms with van der Waals surface area (Å²) in [4.78, 5) is 1.56. The summed E-state index contributed by atoms with van der Waals surface area (Å²) in [6, 6.07) is 7.01. The minimum Gasteiger partial charge on any atom is -0.117 e. The fourth-order valence-corrected chi connectivity index (χ4v) is 5.37. The second-order valence-electron chi connectivity index (χ2n) is 9.33. The Morgan fingerprint density at radius 2 is 1.70 bits per heavy atom. The molecule has 3 rings (SSSR count). The Labute approximate surface area is 146 Å². The zero-order valence-electron chi connectivity index (χ0n) is 15.4. The number of benzene rings is 1. The summed E-state index contributed by atoms with van der Waals surface area (Å²) in [6.45, 7) is 14.3. The molecule has 1 aliphatic heterocycles. The number of fused-ring (bicyclic) bond motifs is 3. The van der Waals surface area contributed by atoms with Gasteiger partial charge in [-0.3, -0.25) is 0 Å². The van der Waals surface area contributed by atoms with Gasteiger partial charge in [0.15, 0.2) is 0 Å². The summed E-state index contributed by atoms with van der Waals surface area (Å²) in [5.41, 5.74) is 3.74. The highest BCUT2D eigenvalue weighted by Crippen LogP contribution is 2.54. The lowest BCUT2D eigenvalue weighted by Gasteiger charge is -2.37. The maximum atomic E-state index is 2.40. The highest BCUT2D eigenvalue weighted by molar-refractivity contribution is 8.00. The quantitative estimate of drug-likeness (QED) is 0.567. The van der Waals surface area contributed by atoms with Crippen molar-refractivity contribution in [3.8, 4) is 0 Å². The molecular weight excluding hydrogens is 296 g/mol. The second kappa shape index (κ2) is 5.84. The van der Waals surface area contributed by atoms with Gasteiger partial charge in [0.25, 0.3) is 0 Å². The number of thioether (sulfide) groups is 1. The van der Waals surface area contributed by atoms with E-state index in [0.29, 0.717) is 22.5 Å². The molecule has 23 heavy (non-hydrogen) atoms. The summed E-state index contributed by atoms with van der Waals surface area (Å²) in [7, 11) is 0. The van der Waals surface area contributed by atoms with Crippen LogP contribution in [0.1, 0.15) is 70.9 Å². The van der Waals surface area contributed by atoms with Crippen LogP contribution in [0.5, 0.6) is 0 Å². The zero-order chi connectivity index (χ0) is 16.8. The maximum absolute atomic E-state index is 2.40. The fourth-order valence-electron chi connectivity index (χ4n) is 3.86. The maximum Gasteiger partial charge on any atom is 0.0381 e. The Bertz CT molecular complexity index is 637. The highest BCUT2D eigenvalue weighted by Gasteiger charge is 2.37. The molecule has 124 valence electrons. The van der Waals surface area contributed by atoms with E-state index in [1.807, 2.05) is 0 Å². The molecule has 1 heterocycles. The first-order chi connectivity index (χ1) is 10.7. The molecule has 1 aromatic rings. The van der Waals surface area contributed by atoms with E-state index < -0.39 is 0 Å². The van der Waals surface area contributed by atoms with Crippen molar-refractivity contribution < 1.29 is 0 Å².